The van der Waals surface area contributed by atoms with E-state index in [2.05, 4.69) is 15.3 Å². The van der Waals surface area contributed by atoms with Crippen molar-refractivity contribution >= 4 is 26.3 Å². The van der Waals surface area contributed by atoms with Gasteiger partial charge in [0.2, 0.25) is 15.0 Å². The Kier molecular flexibility index (Phi) is 3.41. The van der Waals surface area contributed by atoms with Crippen LogP contribution in [0, 0.1) is 0 Å². The SMILES string of the molecule is NS(=O)(=O)c1ccc(-c2nnc3sc(-c4ccccc4)nn23)cc1. The molecule has 2 heterocycles. The lowest BCUT2D eigenvalue weighted by atomic mass is 10.2. The van der Waals surface area contributed by atoms with Gasteiger partial charge in [0.1, 0.15) is 5.01 Å². The molecule has 0 unspecified atom stereocenters. The van der Waals surface area contributed by atoms with E-state index in [9.17, 15) is 8.42 Å². The summed E-state index contributed by atoms with van der Waals surface area (Å²) in [5, 5.41) is 18.8. The Hall–Kier alpha value is -2.62. The normalized spacial score (nSPS) is 11.9. The van der Waals surface area contributed by atoms with E-state index in [4.69, 9.17) is 5.14 Å². The summed E-state index contributed by atoms with van der Waals surface area (Å²) in [5.41, 5.74) is 1.71. The fourth-order valence-electron chi connectivity index (χ4n) is 2.29. The van der Waals surface area contributed by atoms with Crippen molar-refractivity contribution in [3.05, 3.63) is 54.6 Å². The third-order valence-electron chi connectivity index (χ3n) is 3.45. The van der Waals surface area contributed by atoms with Crippen molar-refractivity contribution in [1.29, 1.82) is 0 Å². The third kappa shape index (κ3) is 2.58. The van der Waals surface area contributed by atoms with Crippen LogP contribution in [0.15, 0.2) is 59.5 Å². The summed E-state index contributed by atoms with van der Waals surface area (Å²) in [6.07, 6.45) is 0. The summed E-state index contributed by atoms with van der Waals surface area (Å²) in [7, 11) is -3.72. The summed E-state index contributed by atoms with van der Waals surface area (Å²) in [5.74, 6) is 0.546. The summed E-state index contributed by atoms with van der Waals surface area (Å²) < 4.78 is 24.3. The number of primary sulfonamides is 1. The van der Waals surface area contributed by atoms with Gasteiger partial charge in [-0.1, -0.05) is 41.7 Å². The van der Waals surface area contributed by atoms with Crippen LogP contribution in [0.5, 0.6) is 0 Å². The predicted molar refractivity (Wildman–Crippen MR) is 90.9 cm³/mol. The molecule has 0 bridgehead atoms. The number of fused-ring (bicyclic) bond motifs is 1. The zero-order valence-electron chi connectivity index (χ0n) is 12.2. The summed E-state index contributed by atoms with van der Waals surface area (Å²) >= 11 is 1.44. The highest BCUT2D eigenvalue weighted by Gasteiger charge is 2.15. The fraction of sp³-hybridized carbons (Fsp3) is 0. The topological polar surface area (TPSA) is 103 Å². The van der Waals surface area contributed by atoms with Crippen molar-refractivity contribution in [2.75, 3.05) is 0 Å². The number of nitrogens with two attached hydrogens (primary N) is 1. The molecule has 4 rings (SSSR count). The van der Waals surface area contributed by atoms with Crippen molar-refractivity contribution in [2.24, 2.45) is 5.14 Å². The first-order valence-corrected chi connectivity index (χ1v) is 9.29. The van der Waals surface area contributed by atoms with Crippen molar-refractivity contribution < 1.29 is 8.42 Å². The molecule has 0 aliphatic rings. The molecule has 7 nitrogen and oxygen atoms in total. The van der Waals surface area contributed by atoms with E-state index in [1.54, 1.807) is 16.6 Å². The van der Waals surface area contributed by atoms with Crippen molar-refractivity contribution in [2.45, 2.75) is 4.90 Å². The first-order valence-electron chi connectivity index (χ1n) is 6.93. The molecule has 0 saturated carbocycles. The van der Waals surface area contributed by atoms with E-state index in [0.29, 0.717) is 16.3 Å². The van der Waals surface area contributed by atoms with Crippen LogP contribution in [0.2, 0.25) is 0 Å². The van der Waals surface area contributed by atoms with Crippen molar-refractivity contribution in [3.8, 4) is 22.0 Å². The zero-order chi connectivity index (χ0) is 16.7. The summed E-state index contributed by atoms with van der Waals surface area (Å²) in [6.45, 7) is 0. The van der Waals surface area contributed by atoms with Crippen molar-refractivity contribution in [3.63, 3.8) is 0 Å². The molecule has 4 aromatic rings. The second kappa shape index (κ2) is 5.48. The van der Waals surface area contributed by atoms with Gasteiger partial charge in [-0.15, -0.1) is 10.2 Å². The summed E-state index contributed by atoms with van der Waals surface area (Å²) in [4.78, 5) is 0.717. The van der Waals surface area contributed by atoms with Gasteiger partial charge in [0.15, 0.2) is 5.82 Å². The van der Waals surface area contributed by atoms with Crippen LogP contribution >= 0.6 is 11.3 Å². The van der Waals surface area contributed by atoms with Gasteiger partial charge in [0, 0.05) is 11.1 Å². The molecule has 0 atom stereocenters. The molecule has 2 aromatic carbocycles. The Morgan fingerprint density at radius 1 is 0.917 bits per heavy atom. The van der Waals surface area contributed by atoms with Crippen molar-refractivity contribution in [1.82, 2.24) is 19.8 Å². The van der Waals surface area contributed by atoms with Gasteiger partial charge in [0.25, 0.3) is 0 Å². The lowest BCUT2D eigenvalue weighted by Crippen LogP contribution is -2.11. The Labute approximate surface area is 141 Å². The maximum atomic E-state index is 11.3. The average Bonchev–Trinajstić information content (AvgIpc) is 3.15. The number of hydrogen-bond donors (Lipinski definition) is 1. The molecule has 0 radical (unpaired) electrons. The molecule has 2 aromatic heterocycles. The lowest BCUT2D eigenvalue weighted by molar-refractivity contribution is 0.598. The minimum atomic E-state index is -3.72. The molecule has 9 heteroatoms. The molecule has 0 spiro atoms. The smallest absolute Gasteiger partial charge is 0.225 e. The fourth-order valence-corrected chi connectivity index (χ4v) is 3.65. The first-order chi connectivity index (χ1) is 11.5. The minimum Gasteiger partial charge on any atom is -0.225 e. The van der Waals surface area contributed by atoms with Crippen LogP contribution in [-0.4, -0.2) is 28.2 Å². The number of hydrogen-bond acceptors (Lipinski definition) is 6. The van der Waals surface area contributed by atoms with Gasteiger partial charge in [-0.25, -0.2) is 13.6 Å². The highest BCUT2D eigenvalue weighted by atomic mass is 32.2. The van der Waals surface area contributed by atoms with Gasteiger partial charge >= 0.3 is 0 Å². The van der Waals surface area contributed by atoms with E-state index in [1.807, 2.05) is 30.3 Å². The Balaban J connectivity index is 1.79. The largest absolute Gasteiger partial charge is 0.238 e. The second-order valence-corrected chi connectivity index (χ2v) is 7.58. The number of rotatable bonds is 3. The number of aromatic nitrogens is 4. The van der Waals surface area contributed by atoms with Crippen LogP contribution in [0.4, 0.5) is 0 Å². The number of nitrogens with zero attached hydrogens (tertiary/aromatic N) is 4. The van der Waals surface area contributed by atoms with E-state index in [-0.39, 0.29) is 4.90 Å². The number of benzene rings is 2. The Morgan fingerprint density at radius 3 is 2.29 bits per heavy atom. The van der Waals surface area contributed by atoms with E-state index < -0.39 is 10.0 Å². The van der Waals surface area contributed by atoms with Gasteiger partial charge in [-0.3, -0.25) is 0 Å². The quantitative estimate of drug-likeness (QED) is 0.605. The second-order valence-electron chi connectivity index (χ2n) is 5.06. The molecule has 0 fully saturated rings. The van der Waals surface area contributed by atoms with Gasteiger partial charge in [-0.2, -0.15) is 9.61 Å². The molecule has 0 amide bonds. The minimum absolute atomic E-state index is 0.0512. The van der Waals surface area contributed by atoms with Gasteiger partial charge in [0.05, 0.1) is 4.90 Å². The maximum Gasteiger partial charge on any atom is 0.238 e. The van der Waals surface area contributed by atoms with E-state index in [1.165, 1.54) is 23.5 Å². The molecular formula is C15H11N5O2S2. The highest BCUT2D eigenvalue weighted by Crippen LogP contribution is 2.28. The molecule has 0 saturated heterocycles. The molecular weight excluding hydrogens is 346 g/mol. The molecule has 24 heavy (non-hydrogen) atoms. The van der Waals surface area contributed by atoms with Crippen LogP contribution < -0.4 is 5.14 Å². The monoisotopic (exact) mass is 357 g/mol. The zero-order valence-corrected chi connectivity index (χ0v) is 13.8. The van der Waals surface area contributed by atoms with Crippen LogP contribution in [-0.2, 0) is 10.0 Å². The molecule has 0 aliphatic heterocycles. The maximum absolute atomic E-state index is 11.3. The standard InChI is InChI=1S/C15H11N5O2S2/c16-24(21,22)12-8-6-10(7-9-12)13-17-18-15-20(13)19-14(23-15)11-4-2-1-3-5-11/h1-9H,(H2,16,21,22). The van der Waals surface area contributed by atoms with Gasteiger partial charge in [-0.05, 0) is 24.3 Å². The highest BCUT2D eigenvalue weighted by molar-refractivity contribution is 7.89. The Bertz CT molecular complexity index is 1120. The Morgan fingerprint density at radius 2 is 1.62 bits per heavy atom. The molecule has 120 valence electrons. The number of sulfonamides is 1. The van der Waals surface area contributed by atoms with E-state index in [0.717, 1.165) is 10.6 Å². The first kappa shape index (κ1) is 14.9. The van der Waals surface area contributed by atoms with Crippen LogP contribution in [0.25, 0.3) is 26.9 Å². The van der Waals surface area contributed by atoms with Crippen LogP contribution in [0.3, 0.4) is 0 Å². The van der Waals surface area contributed by atoms with E-state index >= 15 is 0 Å². The molecule has 0 aliphatic carbocycles. The summed E-state index contributed by atoms with van der Waals surface area (Å²) in [6, 6.07) is 16.0. The predicted octanol–water partition coefficient (Wildman–Crippen LogP) is 2.17. The van der Waals surface area contributed by atoms with Crippen LogP contribution in [0.1, 0.15) is 0 Å². The lowest BCUT2D eigenvalue weighted by Gasteiger charge is -2.00. The molecule has 2 N–H and O–H groups in total. The van der Waals surface area contributed by atoms with Gasteiger partial charge < -0.3 is 0 Å². The third-order valence-corrected chi connectivity index (χ3v) is 5.33. The average molecular weight is 357 g/mol.